The van der Waals surface area contributed by atoms with Crippen LogP contribution in [0.3, 0.4) is 0 Å². The Bertz CT molecular complexity index is 371. The zero-order valence-electron chi connectivity index (χ0n) is 8.47. The van der Waals surface area contributed by atoms with Crippen LogP contribution in [0.5, 0.6) is 5.88 Å². The third-order valence-electron chi connectivity index (χ3n) is 2.29. The van der Waals surface area contributed by atoms with Crippen LogP contribution < -0.4 is 10.2 Å². The first-order valence-corrected chi connectivity index (χ1v) is 5.72. The topological polar surface area (TPSA) is 71.8 Å². The minimum Gasteiger partial charge on any atom is -0.471 e. The standard InChI is InChI=1S/C9H11BBrNO4/c11-8-3-6(10(13)14)4-12-9(8)16-7-1-2-15-5-7/h3-4,7,13-14H,1-2,5H2. The summed E-state index contributed by atoms with van der Waals surface area (Å²) in [6.07, 6.45) is 2.24. The highest BCUT2D eigenvalue weighted by molar-refractivity contribution is 9.10. The molecule has 0 saturated carbocycles. The Hall–Kier alpha value is -0.625. The van der Waals surface area contributed by atoms with E-state index in [2.05, 4.69) is 20.9 Å². The van der Waals surface area contributed by atoms with Crippen LogP contribution in [0, 0.1) is 0 Å². The van der Waals surface area contributed by atoms with Crippen molar-refractivity contribution in [2.24, 2.45) is 0 Å². The molecule has 1 aromatic rings. The van der Waals surface area contributed by atoms with Gasteiger partial charge in [-0.15, -0.1) is 0 Å². The van der Waals surface area contributed by atoms with Crippen molar-refractivity contribution in [3.8, 4) is 5.88 Å². The first kappa shape index (κ1) is 11.8. The van der Waals surface area contributed by atoms with Crippen LogP contribution in [0.25, 0.3) is 0 Å². The molecule has 1 fully saturated rings. The molecule has 5 nitrogen and oxygen atoms in total. The zero-order valence-corrected chi connectivity index (χ0v) is 10.1. The molecule has 1 atom stereocenters. The van der Waals surface area contributed by atoms with Gasteiger partial charge >= 0.3 is 7.12 Å². The van der Waals surface area contributed by atoms with Gasteiger partial charge in [-0.05, 0) is 22.0 Å². The fourth-order valence-electron chi connectivity index (χ4n) is 1.43. The average Bonchev–Trinajstić information content (AvgIpc) is 2.73. The molecule has 1 unspecified atom stereocenters. The number of aromatic nitrogens is 1. The number of halogens is 1. The lowest BCUT2D eigenvalue weighted by Gasteiger charge is -2.12. The second-order valence-electron chi connectivity index (χ2n) is 3.53. The maximum Gasteiger partial charge on any atom is 0.490 e. The highest BCUT2D eigenvalue weighted by Gasteiger charge is 2.20. The van der Waals surface area contributed by atoms with E-state index in [4.69, 9.17) is 19.5 Å². The van der Waals surface area contributed by atoms with E-state index < -0.39 is 7.12 Å². The maximum atomic E-state index is 8.96. The molecule has 86 valence electrons. The lowest BCUT2D eigenvalue weighted by molar-refractivity contribution is 0.137. The van der Waals surface area contributed by atoms with Crippen LogP contribution in [0.15, 0.2) is 16.7 Å². The fraction of sp³-hybridized carbons (Fsp3) is 0.444. The van der Waals surface area contributed by atoms with Gasteiger partial charge in [0.05, 0.1) is 17.7 Å². The Morgan fingerprint density at radius 1 is 1.56 bits per heavy atom. The van der Waals surface area contributed by atoms with E-state index in [0.29, 0.717) is 29.0 Å². The van der Waals surface area contributed by atoms with E-state index in [0.717, 1.165) is 6.42 Å². The fourth-order valence-corrected chi connectivity index (χ4v) is 1.89. The van der Waals surface area contributed by atoms with Gasteiger partial charge in [0.1, 0.15) is 6.10 Å². The second kappa shape index (κ2) is 5.14. The molecular formula is C9H11BBrNO4. The SMILES string of the molecule is OB(O)c1cnc(OC2CCOC2)c(Br)c1. The van der Waals surface area contributed by atoms with Crippen molar-refractivity contribution in [2.45, 2.75) is 12.5 Å². The van der Waals surface area contributed by atoms with Gasteiger partial charge in [0.2, 0.25) is 5.88 Å². The number of nitrogens with zero attached hydrogens (tertiary/aromatic N) is 1. The molecule has 0 aliphatic carbocycles. The van der Waals surface area contributed by atoms with Crippen molar-refractivity contribution in [1.82, 2.24) is 4.98 Å². The zero-order chi connectivity index (χ0) is 11.5. The van der Waals surface area contributed by atoms with Gasteiger partial charge in [0, 0.05) is 18.1 Å². The number of pyridine rings is 1. The Labute approximate surface area is 102 Å². The van der Waals surface area contributed by atoms with E-state index in [1.54, 1.807) is 6.07 Å². The Morgan fingerprint density at radius 3 is 2.94 bits per heavy atom. The molecule has 7 heteroatoms. The highest BCUT2D eigenvalue weighted by atomic mass is 79.9. The van der Waals surface area contributed by atoms with Gasteiger partial charge in [-0.2, -0.15) is 0 Å². The minimum atomic E-state index is -1.52. The van der Waals surface area contributed by atoms with Crippen LogP contribution in [0.2, 0.25) is 0 Å². The molecule has 1 saturated heterocycles. The second-order valence-corrected chi connectivity index (χ2v) is 4.39. The van der Waals surface area contributed by atoms with Gasteiger partial charge < -0.3 is 19.5 Å². The predicted octanol–water partition coefficient (Wildman–Crippen LogP) is -0.308. The highest BCUT2D eigenvalue weighted by Crippen LogP contribution is 2.23. The Morgan fingerprint density at radius 2 is 2.38 bits per heavy atom. The minimum absolute atomic E-state index is 0.0219. The molecule has 0 bridgehead atoms. The summed E-state index contributed by atoms with van der Waals surface area (Å²) in [5, 5.41) is 17.9. The number of hydrogen-bond acceptors (Lipinski definition) is 5. The third-order valence-corrected chi connectivity index (χ3v) is 2.86. The van der Waals surface area contributed by atoms with Crippen molar-refractivity contribution in [3.63, 3.8) is 0 Å². The molecule has 1 aliphatic rings. The molecule has 16 heavy (non-hydrogen) atoms. The summed E-state index contributed by atoms with van der Waals surface area (Å²) in [6.45, 7) is 1.27. The largest absolute Gasteiger partial charge is 0.490 e. The summed E-state index contributed by atoms with van der Waals surface area (Å²) in [5.41, 5.74) is 0.321. The van der Waals surface area contributed by atoms with E-state index in [9.17, 15) is 0 Å². The summed E-state index contributed by atoms with van der Waals surface area (Å²) in [7, 11) is -1.52. The van der Waals surface area contributed by atoms with Crippen LogP contribution in [-0.2, 0) is 4.74 Å². The summed E-state index contributed by atoms with van der Waals surface area (Å²) in [5.74, 6) is 0.444. The van der Waals surface area contributed by atoms with E-state index >= 15 is 0 Å². The summed E-state index contributed by atoms with van der Waals surface area (Å²) in [4.78, 5) is 4.02. The van der Waals surface area contributed by atoms with Gasteiger partial charge in [-0.25, -0.2) is 4.98 Å². The van der Waals surface area contributed by atoms with E-state index in [1.807, 2.05) is 0 Å². The first-order chi connectivity index (χ1) is 7.66. The van der Waals surface area contributed by atoms with Crippen molar-refractivity contribution in [1.29, 1.82) is 0 Å². The maximum absolute atomic E-state index is 8.96. The third kappa shape index (κ3) is 2.73. The van der Waals surface area contributed by atoms with Crippen molar-refractivity contribution < 1.29 is 19.5 Å². The van der Waals surface area contributed by atoms with Crippen LogP contribution >= 0.6 is 15.9 Å². The van der Waals surface area contributed by atoms with Gasteiger partial charge in [0.15, 0.2) is 0 Å². The molecule has 2 rings (SSSR count). The van der Waals surface area contributed by atoms with E-state index in [-0.39, 0.29) is 6.10 Å². The lowest BCUT2D eigenvalue weighted by Crippen LogP contribution is -2.30. The molecular weight excluding hydrogens is 277 g/mol. The van der Waals surface area contributed by atoms with Gasteiger partial charge in [-0.1, -0.05) is 0 Å². The van der Waals surface area contributed by atoms with Crippen LogP contribution in [0.4, 0.5) is 0 Å². The first-order valence-electron chi connectivity index (χ1n) is 4.93. The molecule has 1 aliphatic heterocycles. The van der Waals surface area contributed by atoms with Crippen molar-refractivity contribution in [2.75, 3.05) is 13.2 Å². The van der Waals surface area contributed by atoms with Crippen LogP contribution in [0.1, 0.15) is 6.42 Å². The molecule has 0 spiro atoms. The molecule has 2 N–H and O–H groups in total. The monoisotopic (exact) mass is 287 g/mol. The van der Waals surface area contributed by atoms with Gasteiger partial charge in [-0.3, -0.25) is 0 Å². The number of ether oxygens (including phenoxy) is 2. The Kier molecular flexibility index (Phi) is 3.80. The number of rotatable bonds is 3. The van der Waals surface area contributed by atoms with E-state index in [1.165, 1.54) is 6.20 Å². The quantitative estimate of drug-likeness (QED) is 0.747. The number of hydrogen-bond donors (Lipinski definition) is 2. The lowest BCUT2D eigenvalue weighted by atomic mass is 9.82. The summed E-state index contributed by atoms with van der Waals surface area (Å²) >= 11 is 3.27. The van der Waals surface area contributed by atoms with Crippen molar-refractivity contribution >= 4 is 28.5 Å². The average molecular weight is 288 g/mol. The normalized spacial score (nSPS) is 19.8. The molecule has 0 amide bonds. The molecule has 1 aromatic heterocycles. The molecule has 0 radical (unpaired) electrons. The smallest absolute Gasteiger partial charge is 0.471 e. The molecule has 0 aromatic carbocycles. The Balaban J connectivity index is 2.09. The van der Waals surface area contributed by atoms with Gasteiger partial charge in [0.25, 0.3) is 0 Å². The predicted molar refractivity (Wildman–Crippen MR) is 61.6 cm³/mol. The van der Waals surface area contributed by atoms with Crippen LogP contribution in [-0.4, -0.2) is 41.5 Å². The summed E-state index contributed by atoms with van der Waals surface area (Å²) in [6, 6.07) is 1.57. The molecule has 2 heterocycles. The summed E-state index contributed by atoms with van der Waals surface area (Å²) < 4.78 is 11.4. The van der Waals surface area contributed by atoms with Crippen molar-refractivity contribution in [3.05, 3.63) is 16.7 Å².